The van der Waals surface area contributed by atoms with Crippen molar-refractivity contribution in [3.63, 3.8) is 0 Å². The van der Waals surface area contributed by atoms with Crippen LogP contribution in [0.25, 0.3) is 0 Å². The van der Waals surface area contributed by atoms with Gasteiger partial charge in [-0.3, -0.25) is 14.8 Å². The van der Waals surface area contributed by atoms with E-state index in [1.165, 1.54) is 0 Å². The Morgan fingerprint density at radius 1 is 1.36 bits per heavy atom. The highest BCUT2D eigenvalue weighted by Crippen LogP contribution is 2.25. The van der Waals surface area contributed by atoms with Gasteiger partial charge in [-0.1, -0.05) is 0 Å². The molecule has 3 heterocycles. The monoisotopic (exact) mass is 307 g/mol. The lowest BCUT2D eigenvalue weighted by atomic mass is 10.1. The van der Waals surface area contributed by atoms with Crippen molar-refractivity contribution in [1.82, 2.24) is 14.8 Å². The molecule has 1 fully saturated rings. The Labute approximate surface area is 130 Å². The van der Waals surface area contributed by atoms with E-state index >= 15 is 0 Å². The molecule has 2 aliphatic rings. The number of hydrogen-bond donors (Lipinski definition) is 0. The first-order valence-corrected chi connectivity index (χ1v) is 7.61. The first-order valence-electron chi connectivity index (χ1n) is 7.61. The van der Waals surface area contributed by atoms with Gasteiger partial charge in [0.2, 0.25) is 0 Å². The zero-order valence-corrected chi connectivity index (χ0v) is 13.3. The molecule has 0 bridgehead atoms. The molecule has 0 aliphatic carbocycles. The van der Waals surface area contributed by atoms with E-state index in [2.05, 4.69) is 4.98 Å². The maximum absolute atomic E-state index is 12.8. The maximum atomic E-state index is 12.8. The Hall–Kier alpha value is -1.69. The molecule has 0 N–H and O–H groups in total. The van der Waals surface area contributed by atoms with Crippen LogP contribution in [0, 0.1) is 0 Å². The Bertz CT molecular complexity index is 579. The number of pyridine rings is 1. The molecule has 0 aromatic carbocycles. The van der Waals surface area contributed by atoms with Gasteiger partial charge in [0.25, 0.3) is 0 Å². The highest BCUT2D eigenvalue weighted by Gasteiger charge is 2.29. The number of alkyl halides is 1. The summed E-state index contributed by atoms with van der Waals surface area (Å²) in [7, 11) is 0. The van der Waals surface area contributed by atoms with E-state index in [1.54, 1.807) is 4.90 Å². The number of hydrogen-bond acceptors (Lipinski definition) is 4. The molecule has 3 rings (SSSR count). The molecule has 1 saturated heterocycles. The molecule has 6 heteroatoms. The first-order chi connectivity index (χ1) is 10.3. The summed E-state index contributed by atoms with van der Waals surface area (Å²) in [6.07, 6.45) is 0.826. The Balaban J connectivity index is 1.62. The van der Waals surface area contributed by atoms with Crippen LogP contribution in [0.3, 0.4) is 0 Å². The van der Waals surface area contributed by atoms with Crippen LogP contribution in [0.4, 0.5) is 9.18 Å². The molecule has 0 saturated carbocycles. The summed E-state index contributed by atoms with van der Waals surface area (Å²) in [6.45, 7) is 8.31. The van der Waals surface area contributed by atoms with Crippen molar-refractivity contribution in [2.75, 3.05) is 13.1 Å². The molecular formula is C16H22FN3O2. The number of carbonyl (C=O) groups excluding carboxylic acids is 1. The van der Waals surface area contributed by atoms with Gasteiger partial charge in [-0.2, -0.15) is 0 Å². The van der Waals surface area contributed by atoms with E-state index in [4.69, 9.17) is 4.74 Å². The molecular weight excluding hydrogens is 285 g/mol. The zero-order valence-electron chi connectivity index (χ0n) is 13.3. The summed E-state index contributed by atoms with van der Waals surface area (Å²) < 4.78 is 18.2. The molecule has 1 aromatic heterocycles. The highest BCUT2D eigenvalue weighted by atomic mass is 19.1. The van der Waals surface area contributed by atoms with Crippen molar-refractivity contribution in [3.05, 3.63) is 29.1 Å². The number of rotatable bonds is 2. The summed E-state index contributed by atoms with van der Waals surface area (Å²) in [5, 5.41) is 0. The van der Waals surface area contributed by atoms with Crippen molar-refractivity contribution >= 4 is 6.09 Å². The molecule has 1 amide bonds. The second-order valence-electron chi connectivity index (χ2n) is 7.07. The van der Waals surface area contributed by atoms with Crippen LogP contribution in [0.2, 0.25) is 0 Å². The average Bonchev–Trinajstić information content (AvgIpc) is 2.78. The second-order valence-corrected chi connectivity index (χ2v) is 7.07. The Morgan fingerprint density at radius 2 is 2.05 bits per heavy atom. The normalized spacial score (nSPS) is 19.0. The third-order valence-electron chi connectivity index (χ3n) is 3.81. The van der Waals surface area contributed by atoms with E-state index in [9.17, 15) is 9.18 Å². The van der Waals surface area contributed by atoms with Crippen molar-refractivity contribution in [3.8, 4) is 0 Å². The number of aromatic nitrogens is 1. The van der Waals surface area contributed by atoms with Crippen LogP contribution in [0.5, 0.6) is 0 Å². The lowest BCUT2D eigenvalue weighted by molar-refractivity contribution is 0.0241. The largest absolute Gasteiger partial charge is 0.444 e. The van der Waals surface area contributed by atoms with E-state index < -0.39 is 11.8 Å². The molecule has 2 aliphatic heterocycles. The predicted octanol–water partition coefficient (Wildman–Crippen LogP) is 2.49. The van der Waals surface area contributed by atoms with Crippen LogP contribution in [0.1, 0.15) is 37.6 Å². The lowest BCUT2D eigenvalue weighted by Crippen LogP contribution is -2.47. The minimum Gasteiger partial charge on any atom is -0.444 e. The molecule has 5 nitrogen and oxygen atoms in total. The van der Waals surface area contributed by atoms with Crippen LogP contribution in [-0.4, -0.2) is 45.7 Å². The van der Waals surface area contributed by atoms with Crippen LogP contribution in [0.15, 0.2) is 12.3 Å². The number of nitrogens with zero attached hydrogens (tertiary/aromatic N) is 3. The van der Waals surface area contributed by atoms with E-state index in [1.807, 2.05) is 37.9 Å². The molecule has 120 valence electrons. The number of amides is 1. The minimum absolute atomic E-state index is 0.298. The topological polar surface area (TPSA) is 45.7 Å². The van der Waals surface area contributed by atoms with Crippen molar-refractivity contribution in [2.45, 2.75) is 52.2 Å². The fourth-order valence-electron chi connectivity index (χ4n) is 2.74. The highest BCUT2D eigenvalue weighted by molar-refractivity contribution is 5.69. The van der Waals surface area contributed by atoms with Gasteiger partial charge in [-0.05, 0) is 38.0 Å². The quantitative estimate of drug-likeness (QED) is 0.842. The van der Waals surface area contributed by atoms with Gasteiger partial charge in [0.05, 0.1) is 12.2 Å². The summed E-state index contributed by atoms with van der Waals surface area (Å²) in [5.41, 5.74) is 2.60. The van der Waals surface area contributed by atoms with Crippen molar-refractivity contribution in [1.29, 1.82) is 0 Å². The third-order valence-corrected chi connectivity index (χ3v) is 3.81. The smallest absolute Gasteiger partial charge is 0.410 e. The molecule has 0 spiro atoms. The van der Waals surface area contributed by atoms with Gasteiger partial charge in [0.15, 0.2) is 0 Å². The van der Waals surface area contributed by atoms with E-state index in [-0.39, 0.29) is 6.09 Å². The maximum Gasteiger partial charge on any atom is 0.410 e. The summed E-state index contributed by atoms with van der Waals surface area (Å²) in [4.78, 5) is 20.3. The summed E-state index contributed by atoms with van der Waals surface area (Å²) >= 11 is 0. The Kier molecular flexibility index (Phi) is 3.80. The molecule has 0 atom stereocenters. The fourth-order valence-corrected chi connectivity index (χ4v) is 2.74. The fraction of sp³-hybridized carbons (Fsp3) is 0.625. The Morgan fingerprint density at radius 3 is 2.68 bits per heavy atom. The predicted molar refractivity (Wildman–Crippen MR) is 79.9 cm³/mol. The molecule has 0 radical (unpaired) electrons. The zero-order chi connectivity index (χ0) is 15.9. The standard InChI is InChI=1S/C16H22FN3O2/c1-16(2,3)22-15(21)20-6-11-4-14(18-5-12(11)7-20)10-19-8-13(17)9-19/h4-5,13H,6-10H2,1-3H3. The summed E-state index contributed by atoms with van der Waals surface area (Å²) in [6, 6.07) is 2.02. The number of likely N-dealkylation sites (tertiary alicyclic amines) is 1. The van der Waals surface area contributed by atoms with Crippen molar-refractivity contribution in [2.24, 2.45) is 0 Å². The van der Waals surface area contributed by atoms with Gasteiger partial charge in [0.1, 0.15) is 11.8 Å². The number of carbonyl (C=O) groups is 1. The van der Waals surface area contributed by atoms with Gasteiger partial charge < -0.3 is 4.74 Å². The van der Waals surface area contributed by atoms with E-state index in [0.29, 0.717) is 32.7 Å². The third kappa shape index (κ3) is 3.38. The van der Waals surface area contributed by atoms with Gasteiger partial charge in [0, 0.05) is 32.4 Å². The van der Waals surface area contributed by atoms with Crippen molar-refractivity contribution < 1.29 is 13.9 Å². The van der Waals surface area contributed by atoms with E-state index in [0.717, 1.165) is 16.8 Å². The second kappa shape index (κ2) is 5.50. The van der Waals surface area contributed by atoms with Gasteiger partial charge in [-0.15, -0.1) is 0 Å². The summed E-state index contributed by atoms with van der Waals surface area (Å²) in [5.74, 6) is 0. The van der Waals surface area contributed by atoms with Crippen LogP contribution < -0.4 is 0 Å². The van der Waals surface area contributed by atoms with Crippen LogP contribution >= 0.6 is 0 Å². The number of ether oxygens (including phenoxy) is 1. The molecule has 1 aromatic rings. The molecule has 0 unspecified atom stereocenters. The van der Waals surface area contributed by atoms with Gasteiger partial charge in [-0.25, -0.2) is 9.18 Å². The van der Waals surface area contributed by atoms with Gasteiger partial charge >= 0.3 is 6.09 Å². The minimum atomic E-state index is -0.697. The SMILES string of the molecule is CC(C)(C)OC(=O)N1Cc2cnc(CN3CC(F)C3)cc2C1. The molecule has 22 heavy (non-hydrogen) atoms. The average molecular weight is 307 g/mol. The number of halogens is 1. The first kappa shape index (κ1) is 15.2. The number of fused-ring (bicyclic) bond motifs is 1. The van der Waals surface area contributed by atoms with Crippen LogP contribution in [-0.2, 0) is 24.4 Å². The lowest BCUT2D eigenvalue weighted by Gasteiger charge is -2.33.